The van der Waals surface area contributed by atoms with Gasteiger partial charge in [-0.15, -0.1) is 0 Å². The fourth-order valence-electron chi connectivity index (χ4n) is 1.82. The molecule has 0 spiro atoms. The van der Waals surface area contributed by atoms with E-state index in [-0.39, 0.29) is 5.75 Å². The van der Waals surface area contributed by atoms with Gasteiger partial charge in [-0.05, 0) is 24.1 Å². The van der Waals surface area contributed by atoms with E-state index in [9.17, 15) is 13.2 Å². The Morgan fingerprint density at radius 2 is 2.05 bits per heavy atom. The highest BCUT2D eigenvalue weighted by Gasteiger charge is 2.16. The average Bonchev–Trinajstić information content (AvgIpc) is 2.38. The van der Waals surface area contributed by atoms with Crippen LogP contribution in [0.4, 0.5) is 5.69 Å². The third-order valence-corrected chi connectivity index (χ3v) is 4.47. The van der Waals surface area contributed by atoms with Crippen LogP contribution in [0, 0.1) is 0 Å². The summed E-state index contributed by atoms with van der Waals surface area (Å²) < 4.78 is 23.5. The number of anilines is 1. The van der Waals surface area contributed by atoms with Crippen molar-refractivity contribution in [3.8, 4) is 0 Å². The van der Waals surface area contributed by atoms with E-state index >= 15 is 0 Å². The highest BCUT2D eigenvalue weighted by atomic mass is 32.2. The topological polar surface area (TPSA) is 89.3 Å². The van der Waals surface area contributed by atoms with Crippen LogP contribution >= 0.6 is 0 Å². The van der Waals surface area contributed by atoms with Crippen molar-refractivity contribution in [2.75, 3.05) is 16.8 Å². The van der Waals surface area contributed by atoms with Crippen LogP contribution in [0.25, 0.3) is 0 Å². The van der Waals surface area contributed by atoms with Gasteiger partial charge in [0.2, 0.25) is 5.91 Å². The van der Waals surface area contributed by atoms with E-state index in [1.165, 1.54) is 0 Å². The predicted molar refractivity (Wildman–Crippen MR) is 81.1 cm³/mol. The molecule has 1 amide bonds. The summed E-state index contributed by atoms with van der Waals surface area (Å²) in [6.07, 6.45) is 2.42. The van der Waals surface area contributed by atoms with Crippen molar-refractivity contribution in [2.24, 2.45) is 5.73 Å². The number of sulfone groups is 1. The lowest BCUT2D eigenvalue weighted by Gasteiger charge is -2.07. The maximum atomic E-state index is 11.7. The molecule has 0 heterocycles. The van der Waals surface area contributed by atoms with Crippen LogP contribution in [0.3, 0.4) is 0 Å². The highest BCUT2D eigenvalue weighted by molar-refractivity contribution is 7.92. The number of unbranched alkanes of at least 4 members (excludes halogenated alkanes) is 2. The van der Waals surface area contributed by atoms with Crippen LogP contribution < -0.4 is 11.1 Å². The summed E-state index contributed by atoms with van der Waals surface area (Å²) in [6, 6.07) is 7.06. The van der Waals surface area contributed by atoms with Crippen molar-refractivity contribution in [3.05, 3.63) is 29.8 Å². The average molecular weight is 298 g/mol. The van der Waals surface area contributed by atoms with E-state index in [4.69, 9.17) is 5.73 Å². The Morgan fingerprint density at radius 3 is 2.70 bits per heavy atom. The smallest absolute Gasteiger partial charge is 0.239 e. The van der Waals surface area contributed by atoms with E-state index in [0.717, 1.165) is 18.4 Å². The normalized spacial score (nSPS) is 11.3. The van der Waals surface area contributed by atoms with Crippen molar-refractivity contribution in [2.45, 2.75) is 32.7 Å². The molecule has 0 saturated heterocycles. The van der Waals surface area contributed by atoms with E-state index in [1.807, 2.05) is 13.0 Å². The van der Waals surface area contributed by atoms with Crippen LogP contribution in [-0.2, 0) is 21.2 Å². The minimum Gasteiger partial charge on any atom is -0.326 e. The lowest BCUT2D eigenvalue weighted by atomic mass is 10.2. The molecule has 0 unspecified atom stereocenters. The molecule has 1 aromatic rings. The van der Waals surface area contributed by atoms with E-state index in [1.54, 1.807) is 18.2 Å². The molecule has 0 aliphatic rings. The Hall–Kier alpha value is -1.40. The molecule has 0 radical (unpaired) electrons. The fraction of sp³-hybridized carbons (Fsp3) is 0.500. The lowest BCUT2D eigenvalue weighted by Crippen LogP contribution is -2.24. The number of hydrogen-bond acceptors (Lipinski definition) is 4. The van der Waals surface area contributed by atoms with Gasteiger partial charge in [-0.25, -0.2) is 8.42 Å². The molecule has 20 heavy (non-hydrogen) atoms. The molecular formula is C14H22N2O3S. The second-order valence-corrected chi connectivity index (χ2v) is 6.94. The van der Waals surface area contributed by atoms with Gasteiger partial charge < -0.3 is 11.1 Å². The Labute approximate surface area is 120 Å². The zero-order valence-electron chi connectivity index (χ0n) is 11.8. The molecule has 3 N–H and O–H groups in total. The maximum absolute atomic E-state index is 11.7. The molecule has 0 fully saturated rings. The molecular weight excluding hydrogens is 276 g/mol. The number of carbonyl (C=O) groups excluding carboxylic acids is 1. The second-order valence-electron chi connectivity index (χ2n) is 4.75. The summed E-state index contributed by atoms with van der Waals surface area (Å²) in [4.78, 5) is 11.7. The molecule has 0 aliphatic carbocycles. The molecule has 1 aromatic carbocycles. The highest BCUT2D eigenvalue weighted by Crippen LogP contribution is 2.10. The van der Waals surface area contributed by atoms with Gasteiger partial charge in [-0.3, -0.25) is 4.79 Å². The summed E-state index contributed by atoms with van der Waals surface area (Å²) in [7, 11) is -3.33. The van der Waals surface area contributed by atoms with Crippen molar-refractivity contribution in [1.82, 2.24) is 0 Å². The molecule has 0 atom stereocenters. The second kappa shape index (κ2) is 8.01. The molecule has 5 nitrogen and oxygen atoms in total. The Balaban J connectivity index is 2.54. The van der Waals surface area contributed by atoms with Crippen molar-refractivity contribution in [3.63, 3.8) is 0 Å². The van der Waals surface area contributed by atoms with Gasteiger partial charge in [0, 0.05) is 12.2 Å². The van der Waals surface area contributed by atoms with Crippen LogP contribution in [0.2, 0.25) is 0 Å². The molecule has 1 rings (SSSR count). The summed E-state index contributed by atoms with van der Waals surface area (Å²) in [5, 5.41) is 2.59. The number of benzene rings is 1. The first-order valence-electron chi connectivity index (χ1n) is 6.76. The zero-order chi connectivity index (χ0) is 15.0. The number of carbonyl (C=O) groups is 1. The number of hydrogen-bond donors (Lipinski definition) is 2. The standard InChI is InChI=1S/C14H22N2O3S/c1-2-3-4-8-20(18,19)11-14(17)16-13-7-5-6-12(9-13)10-15/h5-7,9H,2-4,8,10-11,15H2,1H3,(H,16,17). The van der Waals surface area contributed by atoms with Crippen LogP contribution in [0.5, 0.6) is 0 Å². The van der Waals surface area contributed by atoms with E-state index in [2.05, 4.69) is 5.32 Å². The molecule has 0 aromatic heterocycles. The number of amides is 1. The monoisotopic (exact) mass is 298 g/mol. The number of rotatable bonds is 8. The predicted octanol–water partition coefficient (Wildman–Crippen LogP) is 1.69. The quantitative estimate of drug-likeness (QED) is 0.715. The van der Waals surface area contributed by atoms with Gasteiger partial charge in [0.1, 0.15) is 5.75 Å². The number of nitrogens with two attached hydrogens (primary N) is 1. The van der Waals surface area contributed by atoms with Crippen LogP contribution in [0.1, 0.15) is 31.7 Å². The van der Waals surface area contributed by atoms with Gasteiger partial charge >= 0.3 is 0 Å². The SMILES string of the molecule is CCCCCS(=O)(=O)CC(=O)Nc1cccc(CN)c1. The summed E-state index contributed by atoms with van der Waals surface area (Å²) in [6.45, 7) is 2.38. The van der Waals surface area contributed by atoms with Crippen LogP contribution in [0.15, 0.2) is 24.3 Å². The summed E-state index contributed by atoms with van der Waals surface area (Å²) in [5.41, 5.74) is 6.96. The molecule has 6 heteroatoms. The molecule has 0 aliphatic heterocycles. The molecule has 0 saturated carbocycles. The van der Waals surface area contributed by atoms with Crippen molar-refractivity contribution in [1.29, 1.82) is 0 Å². The Morgan fingerprint density at radius 1 is 1.30 bits per heavy atom. The van der Waals surface area contributed by atoms with Crippen molar-refractivity contribution < 1.29 is 13.2 Å². The van der Waals surface area contributed by atoms with Gasteiger partial charge in [-0.1, -0.05) is 31.9 Å². The first-order valence-corrected chi connectivity index (χ1v) is 8.58. The van der Waals surface area contributed by atoms with Crippen LogP contribution in [-0.4, -0.2) is 25.8 Å². The summed E-state index contributed by atoms with van der Waals surface area (Å²) in [5.74, 6) is -0.906. The van der Waals surface area contributed by atoms with E-state index in [0.29, 0.717) is 18.7 Å². The largest absolute Gasteiger partial charge is 0.326 e. The third kappa shape index (κ3) is 6.16. The Kier molecular flexibility index (Phi) is 6.67. The minimum atomic E-state index is -3.33. The van der Waals surface area contributed by atoms with Gasteiger partial charge in [0.15, 0.2) is 9.84 Å². The first kappa shape index (κ1) is 16.7. The third-order valence-electron chi connectivity index (χ3n) is 2.86. The molecule has 0 bridgehead atoms. The van der Waals surface area contributed by atoms with E-state index < -0.39 is 21.5 Å². The van der Waals surface area contributed by atoms with Crippen molar-refractivity contribution >= 4 is 21.4 Å². The zero-order valence-corrected chi connectivity index (χ0v) is 12.6. The summed E-state index contributed by atoms with van der Waals surface area (Å²) >= 11 is 0. The molecule has 112 valence electrons. The first-order chi connectivity index (χ1) is 9.46. The van der Waals surface area contributed by atoms with Gasteiger partial charge in [-0.2, -0.15) is 0 Å². The van der Waals surface area contributed by atoms with Gasteiger partial charge in [0.25, 0.3) is 0 Å². The maximum Gasteiger partial charge on any atom is 0.239 e. The Bertz CT molecular complexity index is 541. The van der Waals surface area contributed by atoms with Gasteiger partial charge in [0.05, 0.1) is 5.75 Å². The fourth-order valence-corrected chi connectivity index (χ4v) is 3.08. The minimum absolute atomic E-state index is 0.0666. The lowest BCUT2D eigenvalue weighted by molar-refractivity contribution is -0.113. The number of nitrogens with one attached hydrogen (secondary N) is 1.